The van der Waals surface area contributed by atoms with Gasteiger partial charge in [-0.25, -0.2) is 4.79 Å². The van der Waals surface area contributed by atoms with Crippen molar-refractivity contribution < 1.29 is 24.2 Å². The first-order chi connectivity index (χ1) is 8.99. The van der Waals surface area contributed by atoms with Crippen molar-refractivity contribution in [3.05, 3.63) is 29.5 Å². The molecule has 1 rings (SSSR count). The van der Waals surface area contributed by atoms with Crippen molar-refractivity contribution in [2.45, 2.75) is 6.92 Å². The van der Waals surface area contributed by atoms with Crippen molar-refractivity contribution in [2.75, 3.05) is 14.2 Å². The van der Waals surface area contributed by atoms with Crippen LogP contribution >= 0.6 is 0 Å². The van der Waals surface area contributed by atoms with Gasteiger partial charge in [-0.15, -0.1) is 0 Å². The van der Waals surface area contributed by atoms with Gasteiger partial charge in [0.2, 0.25) is 5.91 Å². The van der Waals surface area contributed by atoms with E-state index in [1.165, 1.54) is 27.2 Å². The van der Waals surface area contributed by atoms with Crippen molar-refractivity contribution in [1.29, 1.82) is 0 Å². The Morgan fingerprint density at radius 3 is 2.42 bits per heavy atom. The molecule has 102 valence electrons. The van der Waals surface area contributed by atoms with Gasteiger partial charge in [0.25, 0.3) is 0 Å². The van der Waals surface area contributed by atoms with Crippen molar-refractivity contribution in [3.63, 3.8) is 0 Å². The highest BCUT2D eigenvalue weighted by atomic mass is 16.5. The number of hydrogen-bond acceptors (Lipinski definition) is 4. The van der Waals surface area contributed by atoms with Gasteiger partial charge in [-0.2, -0.15) is 0 Å². The molecule has 6 heteroatoms. The van der Waals surface area contributed by atoms with E-state index in [-0.39, 0.29) is 5.70 Å². The summed E-state index contributed by atoms with van der Waals surface area (Å²) >= 11 is 0. The first-order valence-corrected chi connectivity index (χ1v) is 5.43. The zero-order valence-electron chi connectivity index (χ0n) is 10.9. The molecule has 0 aliphatic heterocycles. The minimum atomic E-state index is -1.24. The number of ether oxygens (including phenoxy) is 2. The Bertz CT molecular complexity index is 522. The standard InChI is InChI=1S/C13H15NO5/c1-8(15)14-10(13(16)17)7-9-5-4-6-11(18-2)12(9)19-3/h4-7H,1-3H3,(H,14,15)(H,16,17). The lowest BCUT2D eigenvalue weighted by Gasteiger charge is -2.11. The van der Waals surface area contributed by atoms with Gasteiger partial charge in [-0.05, 0) is 12.1 Å². The average Bonchev–Trinajstić information content (AvgIpc) is 2.36. The van der Waals surface area contributed by atoms with E-state index in [2.05, 4.69) is 5.32 Å². The van der Waals surface area contributed by atoms with Gasteiger partial charge in [-0.3, -0.25) is 4.79 Å². The summed E-state index contributed by atoms with van der Waals surface area (Å²) in [5.74, 6) is -0.825. The summed E-state index contributed by atoms with van der Waals surface area (Å²) < 4.78 is 10.3. The number of carbonyl (C=O) groups excluding carboxylic acids is 1. The maximum absolute atomic E-state index is 11.0. The molecule has 1 aromatic rings. The molecule has 0 aliphatic carbocycles. The van der Waals surface area contributed by atoms with Crippen LogP contribution in [0.1, 0.15) is 12.5 Å². The van der Waals surface area contributed by atoms with E-state index in [4.69, 9.17) is 14.6 Å². The fourth-order valence-corrected chi connectivity index (χ4v) is 1.52. The zero-order valence-corrected chi connectivity index (χ0v) is 10.9. The lowest BCUT2D eigenvalue weighted by molar-refractivity contribution is -0.134. The summed E-state index contributed by atoms with van der Waals surface area (Å²) in [6.07, 6.45) is 1.31. The zero-order chi connectivity index (χ0) is 14.4. The molecule has 0 saturated carbocycles. The van der Waals surface area contributed by atoms with Crippen molar-refractivity contribution in [2.24, 2.45) is 0 Å². The van der Waals surface area contributed by atoms with Gasteiger partial charge in [0.15, 0.2) is 11.5 Å². The second kappa shape index (κ2) is 6.44. The fraction of sp³-hybridized carbons (Fsp3) is 0.231. The molecule has 0 aromatic heterocycles. The quantitative estimate of drug-likeness (QED) is 0.783. The maximum Gasteiger partial charge on any atom is 0.352 e. The Balaban J connectivity index is 3.27. The van der Waals surface area contributed by atoms with Crippen LogP contribution in [0.3, 0.4) is 0 Å². The number of carbonyl (C=O) groups is 2. The van der Waals surface area contributed by atoms with Crippen LogP contribution in [0.25, 0.3) is 6.08 Å². The number of carboxylic acid groups (broad SMARTS) is 1. The van der Waals surface area contributed by atoms with Gasteiger partial charge in [-0.1, -0.05) is 12.1 Å². The molecule has 1 aromatic carbocycles. The Hall–Kier alpha value is -2.50. The molecule has 0 unspecified atom stereocenters. The van der Waals surface area contributed by atoms with Crippen LogP contribution in [-0.2, 0) is 9.59 Å². The molecule has 2 N–H and O–H groups in total. The third-order valence-electron chi connectivity index (χ3n) is 2.27. The van der Waals surface area contributed by atoms with Crippen molar-refractivity contribution in [1.82, 2.24) is 5.32 Å². The van der Waals surface area contributed by atoms with Crippen molar-refractivity contribution >= 4 is 18.0 Å². The predicted octanol–water partition coefficient (Wildman–Crippen LogP) is 1.27. The van der Waals surface area contributed by atoms with Crippen LogP contribution in [0.15, 0.2) is 23.9 Å². The van der Waals surface area contributed by atoms with Gasteiger partial charge in [0.05, 0.1) is 14.2 Å². The molecule has 0 fully saturated rings. The fourth-order valence-electron chi connectivity index (χ4n) is 1.52. The summed E-state index contributed by atoms with van der Waals surface area (Å²) in [6.45, 7) is 1.24. The number of amides is 1. The number of nitrogens with one attached hydrogen (secondary N) is 1. The molecule has 0 spiro atoms. The van der Waals surface area contributed by atoms with Gasteiger partial charge in [0.1, 0.15) is 5.70 Å². The summed E-state index contributed by atoms with van der Waals surface area (Å²) in [6, 6.07) is 5.04. The summed E-state index contributed by atoms with van der Waals surface area (Å²) in [5.41, 5.74) is 0.257. The highest BCUT2D eigenvalue weighted by Gasteiger charge is 2.13. The molecule has 0 radical (unpaired) electrons. The van der Waals surface area contributed by atoms with Crippen LogP contribution in [0.2, 0.25) is 0 Å². The third-order valence-corrected chi connectivity index (χ3v) is 2.27. The Kier molecular flexibility index (Phi) is 4.93. The number of methoxy groups -OCH3 is 2. The van der Waals surface area contributed by atoms with Gasteiger partial charge >= 0.3 is 5.97 Å². The van der Waals surface area contributed by atoms with Crippen LogP contribution in [0.5, 0.6) is 11.5 Å². The Morgan fingerprint density at radius 1 is 1.26 bits per heavy atom. The second-order valence-electron chi connectivity index (χ2n) is 3.63. The van der Waals surface area contributed by atoms with Gasteiger partial charge in [0, 0.05) is 12.5 Å². The normalized spacial score (nSPS) is 10.8. The molecule has 0 heterocycles. The van der Waals surface area contributed by atoms with E-state index < -0.39 is 11.9 Å². The first-order valence-electron chi connectivity index (χ1n) is 5.43. The van der Waals surface area contributed by atoms with E-state index in [0.717, 1.165) is 0 Å². The summed E-state index contributed by atoms with van der Waals surface area (Å²) in [5, 5.41) is 11.3. The Morgan fingerprint density at radius 2 is 1.95 bits per heavy atom. The number of carboxylic acids is 1. The predicted molar refractivity (Wildman–Crippen MR) is 69.0 cm³/mol. The molecule has 0 bridgehead atoms. The summed E-state index contributed by atoms with van der Waals surface area (Å²) in [7, 11) is 2.94. The third kappa shape index (κ3) is 3.74. The molecule has 6 nitrogen and oxygen atoms in total. The molecule has 0 aliphatic rings. The van der Waals surface area contributed by atoms with Crippen LogP contribution in [0, 0.1) is 0 Å². The van der Waals surface area contributed by atoms with Gasteiger partial charge < -0.3 is 19.9 Å². The number of hydrogen-bond donors (Lipinski definition) is 2. The van der Waals surface area contributed by atoms with E-state index in [9.17, 15) is 9.59 Å². The molecular formula is C13H15NO5. The average molecular weight is 265 g/mol. The lowest BCUT2D eigenvalue weighted by atomic mass is 10.1. The molecule has 19 heavy (non-hydrogen) atoms. The van der Waals surface area contributed by atoms with Crippen molar-refractivity contribution in [3.8, 4) is 11.5 Å². The van der Waals surface area contributed by atoms with Crippen LogP contribution in [-0.4, -0.2) is 31.2 Å². The molecule has 1 amide bonds. The topological polar surface area (TPSA) is 84.9 Å². The maximum atomic E-state index is 11.0. The molecule has 0 saturated heterocycles. The number of benzene rings is 1. The monoisotopic (exact) mass is 265 g/mol. The highest BCUT2D eigenvalue weighted by molar-refractivity contribution is 5.96. The highest BCUT2D eigenvalue weighted by Crippen LogP contribution is 2.31. The SMILES string of the molecule is COc1cccc(C=C(NC(C)=O)C(=O)O)c1OC. The smallest absolute Gasteiger partial charge is 0.352 e. The molecule has 0 atom stereocenters. The number of rotatable bonds is 5. The Labute approximate surface area is 110 Å². The molecular weight excluding hydrogens is 250 g/mol. The van der Waals surface area contributed by atoms with E-state index in [1.54, 1.807) is 18.2 Å². The van der Waals surface area contributed by atoms with E-state index >= 15 is 0 Å². The van der Waals surface area contributed by atoms with E-state index in [0.29, 0.717) is 17.1 Å². The minimum absolute atomic E-state index is 0.237. The largest absolute Gasteiger partial charge is 0.493 e. The van der Waals surface area contributed by atoms with Crippen LogP contribution < -0.4 is 14.8 Å². The summed E-state index contributed by atoms with van der Waals surface area (Å²) in [4.78, 5) is 22.0. The van der Waals surface area contributed by atoms with Crippen LogP contribution in [0.4, 0.5) is 0 Å². The van der Waals surface area contributed by atoms with E-state index in [1.807, 2.05) is 0 Å². The second-order valence-corrected chi connectivity index (χ2v) is 3.63. The first kappa shape index (κ1) is 14.6. The number of para-hydroxylation sites is 1. The lowest BCUT2D eigenvalue weighted by Crippen LogP contribution is -2.24. The number of aliphatic carboxylic acids is 1. The minimum Gasteiger partial charge on any atom is -0.493 e.